The molecule has 0 bridgehead atoms. The minimum absolute atomic E-state index is 0.00756. The summed E-state index contributed by atoms with van der Waals surface area (Å²) in [4.78, 5) is 8.37. The van der Waals surface area contributed by atoms with Crippen LogP contribution in [-0.4, -0.2) is 30.0 Å². The Morgan fingerprint density at radius 1 is 1.13 bits per heavy atom. The highest BCUT2D eigenvalue weighted by Crippen LogP contribution is 2.32. The molecule has 0 aliphatic carbocycles. The van der Waals surface area contributed by atoms with Crippen LogP contribution in [0.15, 0.2) is 48.5 Å². The molecule has 3 rings (SSSR count). The van der Waals surface area contributed by atoms with Crippen molar-refractivity contribution in [2.75, 3.05) is 28.3 Å². The van der Waals surface area contributed by atoms with Crippen molar-refractivity contribution in [3.8, 4) is 17.0 Å². The summed E-state index contributed by atoms with van der Waals surface area (Å²) in [6, 6.07) is 13.7. The summed E-state index contributed by atoms with van der Waals surface area (Å²) in [7, 11) is -2.99. The van der Waals surface area contributed by atoms with Gasteiger partial charge in [0.2, 0.25) is 5.95 Å². The summed E-state index contributed by atoms with van der Waals surface area (Å²) in [6.45, 7) is 0.115. The van der Waals surface area contributed by atoms with E-state index in [0.717, 1.165) is 5.56 Å². The first-order valence-electron chi connectivity index (χ1n) is 8.60. The van der Waals surface area contributed by atoms with Crippen LogP contribution in [-0.2, 0) is 16.8 Å². The summed E-state index contributed by atoms with van der Waals surface area (Å²) in [5.74, 6) is 6.78. The van der Waals surface area contributed by atoms with Gasteiger partial charge in [-0.1, -0.05) is 36.4 Å². The lowest BCUT2D eigenvalue weighted by molar-refractivity contribution is 0.409. The van der Waals surface area contributed by atoms with Gasteiger partial charge >= 0.3 is 10.3 Å². The second-order valence-electron chi connectivity index (χ2n) is 6.27. The maximum absolute atomic E-state index is 11.0. The van der Waals surface area contributed by atoms with Crippen LogP contribution in [0.2, 0.25) is 0 Å². The average Bonchev–Trinajstić information content (AvgIpc) is 2.70. The molecule has 11 nitrogen and oxygen atoms in total. The number of rotatable bonds is 7. The average molecular weight is 431 g/mol. The van der Waals surface area contributed by atoms with Gasteiger partial charge < -0.3 is 16.2 Å². The predicted octanol–water partition coefficient (Wildman–Crippen LogP) is 1.41. The number of nitrogens with zero attached hydrogens (tertiary/aromatic N) is 3. The molecule has 3 aromatic rings. The minimum atomic E-state index is -4.41. The van der Waals surface area contributed by atoms with E-state index in [0.29, 0.717) is 17.0 Å². The van der Waals surface area contributed by atoms with E-state index in [-0.39, 0.29) is 29.7 Å². The fraction of sp³-hybridized carbons (Fsp3) is 0.111. The van der Waals surface area contributed by atoms with Crippen LogP contribution >= 0.6 is 0 Å². The Labute approximate surface area is 173 Å². The minimum Gasteiger partial charge on any atom is -0.496 e. The van der Waals surface area contributed by atoms with Crippen molar-refractivity contribution in [3.05, 3.63) is 54.1 Å². The molecule has 1 heterocycles. The summed E-state index contributed by atoms with van der Waals surface area (Å²) in [6.07, 6.45) is 0. The van der Waals surface area contributed by atoms with Crippen LogP contribution in [0.4, 0.5) is 23.1 Å². The van der Waals surface area contributed by atoms with Gasteiger partial charge in [0.15, 0.2) is 5.82 Å². The first-order chi connectivity index (χ1) is 14.2. The largest absolute Gasteiger partial charge is 0.496 e. The quantitative estimate of drug-likeness (QED) is 0.208. The van der Waals surface area contributed by atoms with Gasteiger partial charge in [0.05, 0.1) is 19.3 Å². The predicted molar refractivity (Wildman–Crippen MR) is 115 cm³/mol. The van der Waals surface area contributed by atoms with Gasteiger partial charge in [0.25, 0.3) is 0 Å². The Morgan fingerprint density at radius 2 is 1.83 bits per heavy atom. The number of benzene rings is 2. The van der Waals surface area contributed by atoms with Crippen LogP contribution in [0.25, 0.3) is 11.3 Å². The van der Waals surface area contributed by atoms with Crippen LogP contribution in [0.5, 0.6) is 5.75 Å². The Morgan fingerprint density at radius 3 is 2.47 bits per heavy atom. The fourth-order valence-corrected chi connectivity index (χ4v) is 3.28. The second kappa shape index (κ2) is 8.41. The van der Waals surface area contributed by atoms with Gasteiger partial charge in [-0.05, 0) is 6.07 Å². The number of hydrogen-bond acceptors (Lipinski definition) is 9. The number of nitrogen functional groups attached to an aromatic ring is 2. The molecular formula is C18H21N7O4S. The summed E-state index contributed by atoms with van der Waals surface area (Å²) >= 11 is 0. The van der Waals surface area contributed by atoms with E-state index >= 15 is 0 Å². The molecule has 2 aromatic carbocycles. The lowest BCUT2D eigenvalue weighted by Gasteiger charge is -2.22. The van der Waals surface area contributed by atoms with Crippen LogP contribution < -0.4 is 31.8 Å². The smallest absolute Gasteiger partial charge is 0.357 e. The van der Waals surface area contributed by atoms with E-state index in [1.54, 1.807) is 6.07 Å². The molecule has 0 atom stereocenters. The van der Waals surface area contributed by atoms with Crippen molar-refractivity contribution in [1.82, 2.24) is 9.97 Å². The second-order valence-corrected chi connectivity index (χ2v) is 7.42. The molecule has 0 aliphatic heterocycles. The third-order valence-electron chi connectivity index (χ3n) is 4.14. The van der Waals surface area contributed by atoms with Crippen molar-refractivity contribution >= 4 is 33.4 Å². The number of ether oxygens (including phenoxy) is 1. The maximum atomic E-state index is 11.0. The van der Waals surface area contributed by atoms with Gasteiger partial charge in [-0.3, -0.25) is 14.3 Å². The van der Waals surface area contributed by atoms with E-state index in [1.807, 2.05) is 35.1 Å². The van der Waals surface area contributed by atoms with Gasteiger partial charge in [-0.15, -0.1) is 0 Å². The molecule has 0 unspecified atom stereocenters. The lowest BCUT2D eigenvalue weighted by Crippen LogP contribution is -2.32. The van der Waals surface area contributed by atoms with Gasteiger partial charge in [-0.2, -0.15) is 13.4 Å². The van der Waals surface area contributed by atoms with Crippen molar-refractivity contribution in [2.24, 2.45) is 5.84 Å². The number of nitrogens with two attached hydrogens (primary N) is 3. The Hall–Kier alpha value is -3.61. The van der Waals surface area contributed by atoms with Crippen molar-refractivity contribution in [1.29, 1.82) is 0 Å². The normalized spacial score (nSPS) is 11.2. The van der Waals surface area contributed by atoms with Gasteiger partial charge in [0.1, 0.15) is 17.1 Å². The molecular weight excluding hydrogens is 410 g/mol. The molecule has 0 fully saturated rings. The third kappa shape index (κ3) is 4.86. The number of methoxy groups -OCH3 is 1. The first-order valence-corrected chi connectivity index (χ1v) is 10.0. The lowest BCUT2D eigenvalue weighted by atomic mass is 10.1. The molecule has 0 saturated heterocycles. The number of nitrogens with one attached hydrogen (secondary N) is 1. The summed E-state index contributed by atoms with van der Waals surface area (Å²) < 4.78 is 38.2. The Bertz CT molecular complexity index is 1160. The van der Waals surface area contributed by atoms with Gasteiger partial charge in [-0.25, -0.2) is 10.8 Å². The molecule has 8 N–H and O–H groups in total. The van der Waals surface area contributed by atoms with Crippen molar-refractivity contribution in [2.45, 2.75) is 6.54 Å². The third-order valence-corrected chi connectivity index (χ3v) is 4.63. The molecule has 0 aliphatic rings. The number of hydrazine groups is 1. The van der Waals surface area contributed by atoms with Crippen LogP contribution in [0, 0.1) is 0 Å². The van der Waals surface area contributed by atoms with Crippen LogP contribution in [0.1, 0.15) is 5.56 Å². The zero-order chi connectivity index (χ0) is 21.9. The van der Waals surface area contributed by atoms with E-state index < -0.39 is 10.3 Å². The number of aromatic nitrogens is 2. The molecule has 0 saturated carbocycles. The maximum Gasteiger partial charge on any atom is 0.357 e. The highest BCUT2D eigenvalue weighted by molar-refractivity contribution is 7.87. The van der Waals surface area contributed by atoms with E-state index in [2.05, 4.69) is 9.97 Å². The zero-order valence-corrected chi connectivity index (χ0v) is 16.8. The highest BCUT2D eigenvalue weighted by atomic mass is 32.2. The SMILES string of the molecule is COc1cc(NS(=O)(=O)O)ccc1CN(N)c1nc(N)nc(-c2ccccc2)c1N. The van der Waals surface area contributed by atoms with E-state index in [4.69, 9.17) is 26.6 Å². The Kier molecular flexibility index (Phi) is 5.91. The molecule has 0 radical (unpaired) electrons. The topological polar surface area (TPSA) is 183 Å². The van der Waals surface area contributed by atoms with E-state index in [9.17, 15) is 8.42 Å². The number of anilines is 4. The standard InChI is InChI=1S/C18H21N7O4S/c1-29-14-9-13(24-30(26,27)28)8-7-12(14)10-25(21)17-15(19)16(22-18(20)23-17)11-5-3-2-4-6-11/h2-9,24H,10,19,21H2,1H3,(H2,20,22,23)(H,26,27,28). The summed E-state index contributed by atoms with van der Waals surface area (Å²) in [5, 5.41) is 1.29. The molecule has 158 valence electrons. The first kappa shape index (κ1) is 21.1. The van der Waals surface area contributed by atoms with Crippen LogP contribution in [0.3, 0.4) is 0 Å². The Balaban J connectivity index is 1.93. The van der Waals surface area contributed by atoms with Gasteiger partial charge in [0, 0.05) is 17.2 Å². The fourth-order valence-electron chi connectivity index (χ4n) is 2.86. The molecule has 12 heteroatoms. The zero-order valence-electron chi connectivity index (χ0n) is 16.0. The molecule has 0 spiro atoms. The van der Waals surface area contributed by atoms with Crippen molar-refractivity contribution < 1.29 is 17.7 Å². The molecule has 0 amide bonds. The highest BCUT2D eigenvalue weighted by Gasteiger charge is 2.18. The summed E-state index contributed by atoms with van der Waals surface area (Å²) in [5.41, 5.74) is 14.3. The molecule has 30 heavy (non-hydrogen) atoms. The monoisotopic (exact) mass is 431 g/mol. The van der Waals surface area contributed by atoms with Crippen molar-refractivity contribution in [3.63, 3.8) is 0 Å². The van der Waals surface area contributed by atoms with E-state index in [1.165, 1.54) is 24.3 Å². The molecule has 1 aromatic heterocycles. The number of hydrogen-bond donors (Lipinski definition) is 5.